The standard InChI is InChI=1S/C15H19NO4S/c1-10(11-3-5-12(20-2)6-4-11)13(17)16-15(14(18)19)7-8-21-9-15/h3-6,10H,7-9H2,1-2H3,(H,16,17)(H,18,19). The van der Waals surface area contributed by atoms with Gasteiger partial charge in [-0.3, -0.25) is 4.79 Å². The van der Waals surface area contributed by atoms with Crippen molar-refractivity contribution in [1.29, 1.82) is 0 Å². The summed E-state index contributed by atoms with van der Waals surface area (Å²) in [6.45, 7) is 1.77. The lowest BCUT2D eigenvalue weighted by molar-refractivity contribution is -0.146. The molecule has 114 valence electrons. The molecule has 1 aliphatic heterocycles. The molecule has 0 bridgehead atoms. The van der Waals surface area contributed by atoms with E-state index < -0.39 is 17.4 Å². The van der Waals surface area contributed by atoms with Gasteiger partial charge in [0.25, 0.3) is 0 Å². The number of aliphatic carboxylic acids is 1. The first-order valence-corrected chi connectivity index (χ1v) is 7.91. The number of nitrogens with one attached hydrogen (secondary N) is 1. The number of ether oxygens (including phenoxy) is 1. The molecule has 1 aromatic rings. The Morgan fingerprint density at radius 1 is 1.38 bits per heavy atom. The van der Waals surface area contributed by atoms with Crippen molar-refractivity contribution < 1.29 is 19.4 Å². The Bertz CT molecular complexity index is 523. The van der Waals surface area contributed by atoms with Crippen molar-refractivity contribution in [3.8, 4) is 5.75 Å². The highest BCUT2D eigenvalue weighted by Crippen LogP contribution is 2.29. The van der Waals surface area contributed by atoms with E-state index in [1.807, 2.05) is 12.1 Å². The third kappa shape index (κ3) is 3.32. The average Bonchev–Trinajstić information content (AvgIpc) is 2.96. The van der Waals surface area contributed by atoms with E-state index in [9.17, 15) is 14.7 Å². The molecule has 0 saturated carbocycles. The summed E-state index contributed by atoms with van der Waals surface area (Å²) >= 11 is 1.55. The van der Waals surface area contributed by atoms with Gasteiger partial charge in [-0.1, -0.05) is 12.1 Å². The molecule has 1 saturated heterocycles. The van der Waals surface area contributed by atoms with Gasteiger partial charge in [-0.05, 0) is 36.8 Å². The number of carboxylic acid groups (broad SMARTS) is 1. The van der Waals surface area contributed by atoms with E-state index in [0.29, 0.717) is 12.2 Å². The van der Waals surface area contributed by atoms with E-state index in [2.05, 4.69) is 5.32 Å². The van der Waals surface area contributed by atoms with Crippen LogP contribution in [-0.2, 0) is 9.59 Å². The number of carbonyl (C=O) groups is 2. The van der Waals surface area contributed by atoms with E-state index in [1.54, 1.807) is 37.9 Å². The highest BCUT2D eigenvalue weighted by Gasteiger charge is 2.43. The predicted molar refractivity (Wildman–Crippen MR) is 81.9 cm³/mol. The predicted octanol–water partition coefficient (Wildman–Crippen LogP) is 1.88. The van der Waals surface area contributed by atoms with Gasteiger partial charge >= 0.3 is 5.97 Å². The van der Waals surface area contributed by atoms with E-state index in [1.165, 1.54) is 0 Å². The Morgan fingerprint density at radius 3 is 2.52 bits per heavy atom. The number of hydrogen-bond acceptors (Lipinski definition) is 4. The summed E-state index contributed by atoms with van der Waals surface area (Å²) in [6.07, 6.45) is 0.466. The molecule has 1 aliphatic rings. The summed E-state index contributed by atoms with van der Waals surface area (Å²) in [6, 6.07) is 7.22. The van der Waals surface area contributed by atoms with Crippen LogP contribution < -0.4 is 10.1 Å². The van der Waals surface area contributed by atoms with Crippen LogP contribution in [0.5, 0.6) is 5.75 Å². The molecule has 2 unspecified atom stereocenters. The topological polar surface area (TPSA) is 75.6 Å². The lowest BCUT2D eigenvalue weighted by atomic mass is 9.95. The molecular weight excluding hydrogens is 290 g/mol. The Morgan fingerprint density at radius 2 is 2.05 bits per heavy atom. The summed E-state index contributed by atoms with van der Waals surface area (Å²) < 4.78 is 5.08. The van der Waals surface area contributed by atoms with Crippen LogP contribution in [0.4, 0.5) is 0 Å². The summed E-state index contributed by atoms with van der Waals surface area (Å²) in [7, 11) is 1.58. The molecule has 0 radical (unpaired) electrons. The molecule has 1 heterocycles. The minimum absolute atomic E-state index is 0.259. The first-order valence-electron chi connectivity index (χ1n) is 6.75. The number of benzene rings is 1. The molecule has 0 aliphatic carbocycles. The lowest BCUT2D eigenvalue weighted by Crippen LogP contribution is -2.55. The number of amides is 1. The monoisotopic (exact) mass is 309 g/mol. The second-order valence-electron chi connectivity index (χ2n) is 5.17. The molecule has 0 spiro atoms. The molecule has 21 heavy (non-hydrogen) atoms. The molecule has 1 fully saturated rings. The fourth-order valence-electron chi connectivity index (χ4n) is 2.27. The molecule has 1 amide bonds. The summed E-state index contributed by atoms with van der Waals surface area (Å²) in [4.78, 5) is 23.8. The third-order valence-electron chi connectivity index (χ3n) is 3.80. The van der Waals surface area contributed by atoms with Crippen LogP contribution in [0.15, 0.2) is 24.3 Å². The summed E-state index contributed by atoms with van der Waals surface area (Å²) in [5.41, 5.74) is -0.290. The SMILES string of the molecule is COc1ccc(C(C)C(=O)NC2(C(=O)O)CCSC2)cc1. The van der Waals surface area contributed by atoms with Crippen LogP contribution in [0, 0.1) is 0 Å². The van der Waals surface area contributed by atoms with E-state index in [0.717, 1.165) is 17.1 Å². The zero-order valence-corrected chi connectivity index (χ0v) is 12.9. The van der Waals surface area contributed by atoms with Crippen LogP contribution in [-0.4, -0.2) is 41.1 Å². The second kappa shape index (κ2) is 6.39. The van der Waals surface area contributed by atoms with E-state index in [-0.39, 0.29) is 5.91 Å². The lowest BCUT2D eigenvalue weighted by Gasteiger charge is -2.26. The fourth-order valence-corrected chi connectivity index (χ4v) is 3.60. The Hall–Kier alpha value is -1.69. The minimum atomic E-state index is -1.12. The maximum absolute atomic E-state index is 12.3. The number of thioether (sulfide) groups is 1. The van der Waals surface area contributed by atoms with Crippen LogP contribution in [0.3, 0.4) is 0 Å². The maximum atomic E-state index is 12.3. The molecule has 2 atom stereocenters. The van der Waals surface area contributed by atoms with Crippen molar-refractivity contribution in [2.24, 2.45) is 0 Å². The average molecular weight is 309 g/mol. The molecule has 6 heteroatoms. The van der Waals surface area contributed by atoms with Gasteiger partial charge in [-0.25, -0.2) is 4.79 Å². The van der Waals surface area contributed by atoms with Crippen LogP contribution >= 0.6 is 11.8 Å². The number of rotatable bonds is 5. The molecule has 2 N–H and O–H groups in total. The van der Waals surface area contributed by atoms with E-state index in [4.69, 9.17) is 4.74 Å². The van der Waals surface area contributed by atoms with Gasteiger partial charge in [0, 0.05) is 5.75 Å². The Labute approximate surface area is 128 Å². The zero-order valence-electron chi connectivity index (χ0n) is 12.1. The van der Waals surface area contributed by atoms with Crippen molar-refractivity contribution in [2.75, 3.05) is 18.6 Å². The maximum Gasteiger partial charge on any atom is 0.330 e. The molecule has 5 nitrogen and oxygen atoms in total. The van der Waals surface area contributed by atoms with Crippen molar-refractivity contribution in [2.45, 2.75) is 24.8 Å². The quantitative estimate of drug-likeness (QED) is 0.868. The van der Waals surface area contributed by atoms with Crippen molar-refractivity contribution >= 4 is 23.6 Å². The number of hydrogen-bond donors (Lipinski definition) is 2. The summed E-state index contributed by atoms with van der Waals surface area (Å²) in [5.74, 6) is 0.276. The molecule has 2 rings (SSSR count). The van der Waals surface area contributed by atoms with Crippen LogP contribution in [0.25, 0.3) is 0 Å². The smallest absolute Gasteiger partial charge is 0.330 e. The normalized spacial score (nSPS) is 22.6. The van der Waals surface area contributed by atoms with Gasteiger partial charge in [-0.15, -0.1) is 0 Å². The minimum Gasteiger partial charge on any atom is -0.497 e. The molecular formula is C15H19NO4S. The van der Waals surface area contributed by atoms with E-state index >= 15 is 0 Å². The van der Waals surface area contributed by atoms with Crippen molar-refractivity contribution in [1.82, 2.24) is 5.32 Å². The first kappa shape index (κ1) is 15.7. The number of carboxylic acids is 1. The molecule has 1 aromatic carbocycles. The van der Waals surface area contributed by atoms with Crippen molar-refractivity contribution in [3.63, 3.8) is 0 Å². The van der Waals surface area contributed by atoms with Gasteiger partial charge in [0.15, 0.2) is 0 Å². The summed E-state index contributed by atoms with van der Waals surface area (Å²) in [5, 5.41) is 12.1. The van der Waals surface area contributed by atoms with Gasteiger partial charge in [0.1, 0.15) is 11.3 Å². The Balaban J connectivity index is 2.09. The molecule has 0 aromatic heterocycles. The van der Waals surface area contributed by atoms with Gasteiger partial charge < -0.3 is 15.2 Å². The Kier molecular flexibility index (Phi) is 4.77. The number of methoxy groups -OCH3 is 1. The van der Waals surface area contributed by atoms with Gasteiger partial charge in [0.05, 0.1) is 13.0 Å². The van der Waals surface area contributed by atoms with Crippen LogP contribution in [0.2, 0.25) is 0 Å². The van der Waals surface area contributed by atoms with Gasteiger partial charge in [-0.2, -0.15) is 11.8 Å². The first-order chi connectivity index (χ1) is 9.98. The third-order valence-corrected chi connectivity index (χ3v) is 4.99. The largest absolute Gasteiger partial charge is 0.497 e. The van der Waals surface area contributed by atoms with Gasteiger partial charge in [0.2, 0.25) is 5.91 Å². The van der Waals surface area contributed by atoms with Crippen LogP contribution in [0.1, 0.15) is 24.8 Å². The fraction of sp³-hybridized carbons (Fsp3) is 0.467. The zero-order chi connectivity index (χ0) is 15.5. The van der Waals surface area contributed by atoms with Crippen molar-refractivity contribution in [3.05, 3.63) is 29.8 Å². The highest BCUT2D eigenvalue weighted by molar-refractivity contribution is 7.99. The number of carbonyl (C=O) groups excluding carboxylic acids is 1. The second-order valence-corrected chi connectivity index (χ2v) is 6.28. The highest BCUT2D eigenvalue weighted by atomic mass is 32.2.